The van der Waals surface area contributed by atoms with E-state index < -0.39 is 0 Å². The molecule has 0 aliphatic carbocycles. The Labute approximate surface area is 126 Å². The average molecular weight is 341 g/mol. The summed E-state index contributed by atoms with van der Waals surface area (Å²) in [5, 5.41) is 0.582. The fraction of sp³-hybridized carbons (Fsp3) is 0.200. The van der Waals surface area contributed by atoms with Crippen molar-refractivity contribution in [3.8, 4) is 11.5 Å². The van der Waals surface area contributed by atoms with Gasteiger partial charge < -0.3 is 10.5 Å². The fourth-order valence-corrected chi connectivity index (χ4v) is 2.29. The van der Waals surface area contributed by atoms with Crippen molar-refractivity contribution >= 4 is 27.5 Å². The molecule has 0 saturated carbocycles. The molecule has 1 atom stereocenters. The van der Waals surface area contributed by atoms with Gasteiger partial charge in [0.1, 0.15) is 11.5 Å². The van der Waals surface area contributed by atoms with Crippen molar-refractivity contribution in [2.24, 2.45) is 5.73 Å². The molecule has 0 radical (unpaired) electrons. The Bertz CT molecular complexity index is 572. The molecule has 0 aliphatic heterocycles. The zero-order chi connectivity index (χ0) is 13.8. The lowest BCUT2D eigenvalue weighted by Crippen LogP contribution is -2.18. The predicted molar refractivity (Wildman–Crippen MR) is 83.0 cm³/mol. The van der Waals surface area contributed by atoms with E-state index in [-0.39, 0.29) is 6.04 Å². The molecular weight excluding hydrogens is 326 g/mol. The van der Waals surface area contributed by atoms with Crippen LogP contribution in [0.3, 0.4) is 0 Å². The highest BCUT2D eigenvalue weighted by molar-refractivity contribution is 9.10. The molecule has 2 aromatic carbocycles. The van der Waals surface area contributed by atoms with Gasteiger partial charge in [0, 0.05) is 10.5 Å². The van der Waals surface area contributed by atoms with Crippen LogP contribution in [0.25, 0.3) is 0 Å². The van der Waals surface area contributed by atoms with Crippen LogP contribution < -0.4 is 10.5 Å². The Morgan fingerprint density at radius 2 is 1.95 bits per heavy atom. The maximum absolute atomic E-state index is 6.13. The molecule has 2 nitrogen and oxygen atoms in total. The van der Waals surface area contributed by atoms with Crippen molar-refractivity contribution in [1.82, 2.24) is 0 Å². The van der Waals surface area contributed by atoms with Crippen molar-refractivity contribution in [3.63, 3.8) is 0 Å². The van der Waals surface area contributed by atoms with Gasteiger partial charge in [0.15, 0.2) is 0 Å². The highest BCUT2D eigenvalue weighted by atomic mass is 79.9. The van der Waals surface area contributed by atoms with E-state index in [2.05, 4.69) is 15.9 Å². The van der Waals surface area contributed by atoms with E-state index in [1.54, 1.807) is 6.07 Å². The second kappa shape index (κ2) is 6.42. The maximum Gasteiger partial charge on any atom is 0.147 e. The smallest absolute Gasteiger partial charge is 0.147 e. The van der Waals surface area contributed by atoms with Gasteiger partial charge in [0.25, 0.3) is 0 Å². The molecule has 0 aromatic heterocycles. The van der Waals surface area contributed by atoms with Gasteiger partial charge >= 0.3 is 0 Å². The van der Waals surface area contributed by atoms with Gasteiger partial charge in [-0.25, -0.2) is 0 Å². The number of benzene rings is 2. The maximum atomic E-state index is 6.13. The molecule has 0 spiro atoms. The molecule has 2 rings (SSSR count). The van der Waals surface area contributed by atoms with E-state index in [9.17, 15) is 0 Å². The predicted octanol–water partition coefficient (Wildman–Crippen LogP) is 4.78. The highest BCUT2D eigenvalue weighted by Crippen LogP contribution is 2.33. The van der Waals surface area contributed by atoms with Crippen molar-refractivity contribution in [1.29, 1.82) is 0 Å². The van der Waals surface area contributed by atoms with E-state index in [4.69, 9.17) is 22.1 Å². The van der Waals surface area contributed by atoms with E-state index in [1.165, 1.54) is 0 Å². The molecule has 100 valence electrons. The first-order valence-electron chi connectivity index (χ1n) is 6.02. The molecule has 0 heterocycles. The van der Waals surface area contributed by atoms with Crippen LogP contribution in [0.4, 0.5) is 0 Å². The molecule has 4 heteroatoms. The Hall–Kier alpha value is -1.03. The first-order chi connectivity index (χ1) is 9.06. The topological polar surface area (TPSA) is 35.2 Å². The summed E-state index contributed by atoms with van der Waals surface area (Å²) < 4.78 is 6.83. The zero-order valence-corrected chi connectivity index (χ0v) is 12.9. The van der Waals surface area contributed by atoms with Gasteiger partial charge in [0.05, 0.1) is 5.02 Å². The van der Waals surface area contributed by atoms with Gasteiger partial charge in [-0.3, -0.25) is 0 Å². The summed E-state index contributed by atoms with van der Waals surface area (Å²) in [6.45, 7) is 1.98. The van der Waals surface area contributed by atoms with Crippen molar-refractivity contribution in [2.75, 3.05) is 0 Å². The summed E-state index contributed by atoms with van der Waals surface area (Å²) in [6.07, 6.45) is 0.766. The average Bonchev–Trinajstić information content (AvgIpc) is 2.35. The Morgan fingerprint density at radius 3 is 2.68 bits per heavy atom. The molecule has 19 heavy (non-hydrogen) atoms. The van der Waals surface area contributed by atoms with Gasteiger partial charge in [0.2, 0.25) is 0 Å². The van der Waals surface area contributed by atoms with Crippen LogP contribution in [0, 0.1) is 0 Å². The van der Waals surface area contributed by atoms with Crippen LogP contribution >= 0.6 is 27.5 Å². The molecule has 0 bridgehead atoms. The minimum Gasteiger partial charge on any atom is -0.455 e. The van der Waals surface area contributed by atoms with Gasteiger partial charge in [-0.15, -0.1) is 0 Å². The standard InChI is InChI=1S/C15H15BrClNO/c1-10(18)8-11-4-2-3-5-14(11)19-15-9-12(16)6-7-13(15)17/h2-7,9-10H,8,18H2,1H3. The summed E-state index contributed by atoms with van der Waals surface area (Å²) in [4.78, 5) is 0. The molecule has 1 unspecified atom stereocenters. The first kappa shape index (κ1) is 14.4. The lowest BCUT2D eigenvalue weighted by molar-refractivity contribution is 0.474. The normalized spacial score (nSPS) is 12.2. The second-order valence-electron chi connectivity index (χ2n) is 4.47. The third kappa shape index (κ3) is 3.96. The molecule has 0 saturated heterocycles. The van der Waals surface area contributed by atoms with Gasteiger partial charge in [-0.2, -0.15) is 0 Å². The number of nitrogens with two attached hydrogens (primary N) is 1. The first-order valence-corrected chi connectivity index (χ1v) is 7.20. The Kier molecular flexibility index (Phi) is 4.86. The van der Waals surface area contributed by atoms with Crippen LogP contribution in [0.15, 0.2) is 46.9 Å². The quantitative estimate of drug-likeness (QED) is 0.869. The molecule has 0 aliphatic rings. The lowest BCUT2D eigenvalue weighted by atomic mass is 10.1. The van der Waals surface area contributed by atoms with Crippen LogP contribution in [-0.2, 0) is 6.42 Å². The summed E-state index contributed by atoms with van der Waals surface area (Å²) in [5.74, 6) is 1.42. The van der Waals surface area contributed by atoms with E-state index in [0.717, 1.165) is 22.2 Å². The number of hydrogen-bond acceptors (Lipinski definition) is 2. The summed E-state index contributed by atoms with van der Waals surface area (Å²) in [5.41, 5.74) is 6.93. The molecular formula is C15H15BrClNO. The molecule has 2 aromatic rings. The third-order valence-corrected chi connectivity index (χ3v) is 3.43. The number of ether oxygens (including phenoxy) is 1. The van der Waals surface area contributed by atoms with Crippen LogP contribution in [0.5, 0.6) is 11.5 Å². The van der Waals surface area contributed by atoms with Gasteiger partial charge in [-0.05, 0) is 43.2 Å². The van der Waals surface area contributed by atoms with Crippen LogP contribution in [0.2, 0.25) is 5.02 Å². The van der Waals surface area contributed by atoms with E-state index in [0.29, 0.717) is 10.8 Å². The third-order valence-electron chi connectivity index (χ3n) is 2.63. The van der Waals surface area contributed by atoms with Crippen molar-refractivity contribution in [3.05, 3.63) is 57.5 Å². The van der Waals surface area contributed by atoms with E-state index in [1.807, 2.05) is 43.3 Å². The van der Waals surface area contributed by atoms with Crippen LogP contribution in [-0.4, -0.2) is 6.04 Å². The van der Waals surface area contributed by atoms with E-state index >= 15 is 0 Å². The number of halogens is 2. The van der Waals surface area contributed by atoms with Gasteiger partial charge in [-0.1, -0.05) is 45.7 Å². The summed E-state index contributed by atoms with van der Waals surface area (Å²) >= 11 is 9.54. The number of para-hydroxylation sites is 1. The zero-order valence-electron chi connectivity index (χ0n) is 10.6. The summed E-state index contributed by atoms with van der Waals surface area (Å²) in [7, 11) is 0. The molecule has 2 N–H and O–H groups in total. The van der Waals surface area contributed by atoms with Crippen molar-refractivity contribution < 1.29 is 4.74 Å². The summed E-state index contributed by atoms with van der Waals surface area (Å²) in [6, 6.07) is 13.5. The second-order valence-corrected chi connectivity index (χ2v) is 5.79. The van der Waals surface area contributed by atoms with Crippen LogP contribution in [0.1, 0.15) is 12.5 Å². The fourth-order valence-electron chi connectivity index (χ4n) is 1.79. The Morgan fingerprint density at radius 1 is 1.21 bits per heavy atom. The molecule has 0 fully saturated rings. The highest BCUT2D eigenvalue weighted by Gasteiger charge is 2.09. The molecule has 0 amide bonds. The number of rotatable bonds is 4. The SMILES string of the molecule is CC(N)Cc1ccccc1Oc1cc(Br)ccc1Cl. The minimum atomic E-state index is 0.0859. The number of hydrogen-bond donors (Lipinski definition) is 1. The minimum absolute atomic E-state index is 0.0859. The monoisotopic (exact) mass is 339 g/mol. The van der Waals surface area contributed by atoms with Crippen molar-refractivity contribution in [2.45, 2.75) is 19.4 Å². The Balaban J connectivity index is 2.30. The largest absolute Gasteiger partial charge is 0.455 e. The lowest BCUT2D eigenvalue weighted by Gasteiger charge is -2.13.